The summed E-state index contributed by atoms with van der Waals surface area (Å²) in [5, 5.41) is 0. The fraction of sp³-hybridized carbons (Fsp3) is 0.143. The first-order valence-electron chi connectivity index (χ1n) is 5.65. The highest BCUT2D eigenvalue weighted by atomic mass is 16.2. The molecule has 0 saturated carbocycles. The van der Waals surface area contributed by atoms with Crippen molar-refractivity contribution in [2.45, 2.75) is 6.92 Å². The van der Waals surface area contributed by atoms with Crippen LogP contribution in [0.4, 0.5) is 11.4 Å². The maximum Gasteiger partial charge on any atom is 0.276 e. The number of amides is 1. The van der Waals surface area contributed by atoms with Gasteiger partial charge in [0, 0.05) is 24.6 Å². The molecule has 0 atom stereocenters. The standard InChI is InChI=1S/C14H15N3O/c1-10-4-3-9-16-13(10)14(18)17(2)12-7-5-11(15)6-8-12/h3-9H,15H2,1-2H3. The second kappa shape index (κ2) is 4.87. The van der Waals surface area contributed by atoms with Crippen molar-refractivity contribution in [1.29, 1.82) is 0 Å². The first-order chi connectivity index (χ1) is 8.59. The van der Waals surface area contributed by atoms with Gasteiger partial charge in [-0.15, -0.1) is 0 Å². The van der Waals surface area contributed by atoms with E-state index in [1.54, 1.807) is 30.3 Å². The smallest absolute Gasteiger partial charge is 0.276 e. The van der Waals surface area contributed by atoms with Crippen molar-refractivity contribution in [1.82, 2.24) is 4.98 Å². The Hall–Kier alpha value is -2.36. The SMILES string of the molecule is Cc1cccnc1C(=O)N(C)c1ccc(N)cc1. The van der Waals surface area contributed by atoms with Gasteiger partial charge in [0.25, 0.3) is 5.91 Å². The molecule has 0 unspecified atom stereocenters. The summed E-state index contributed by atoms with van der Waals surface area (Å²) in [5.41, 5.74) is 8.42. The molecule has 4 heteroatoms. The van der Waals surface area contributed by atoms with Gasteiger partial charge in [-0.1, -0.05) is 6.07 Å². The molecule has 0 fully saturated rings. The lowest BCUT2D eigenvalue weighted by atomic mass is 10.2. The van der Waals surface area contributed by atoms with Crippen LogP contribution >= 0.6 is 0 Å². The molecule has 92 valence electrons. The summed E-state index contributed by atoms with van der Waals surface area (Å²) in [7, 11) is 1.72. The Balaban J connectivity index is 2.29. The third-order valence-electron chi connectivity index (χ3n) is 2.80. The molecule has 0 saturated heterocycles. The quantitative estimate of drug-likeness (QED) is 0.820. The zero-order valence-corrected chi connectivity index (χ0v) is 10.4. The van der Waals surface area contributed by atoms with E-state index in [9.17, 15) is 4.79 Å². The van der Waals surface area contributed by atoms with Gasteiger partial charge in [-0.05, 0) is 42.8 Å². The molecule has 0 spiro atoms. The van der Waals surface area contributed by atoms with Gasteiger partial charge < -0.3 is 10.6 Å². The predicted molar refractivity (Wildman–Crippen MR) is 72.6 cm³/mol. The molecule has 2 aromatic rings. The second-order valence-electron chi connectivity index (χ2n) is 4.12. The Morgan fingerprint density at radius 2 is 1.89 bits per heavy atom. The average Bonchev–Trinajstić information content (AvgIpc) is 2.38. The summed E-state index contributed by atoms with van der Waals surface area (Å²) in [5.74, 6) is -0.127. The minimum Gasteiger partial charge on any atom is -0.399 e. The Morgan fingerprint density at radius 3 is 2.50 bits per heavy atom. The molecule has 0 aliphatic rings. The van der Waals surface area contributed by atoms with Gasteiger partial charge in [-0.2, -0.15) is 0 Å². The van der Waals surface area contributed by atoms with Crippen molar-refractivity contribution in [3.8, 4) is 0 Å². The van der Waals surface area contributed by atoms with Gasteiger partial charge in [0.15, 0.2) is 0 Å². The number of hydrogen-bond donors (Lipinski definition) is 1. The average molecular weight is 241 g/mol. The molecular formula is C14H15N3O. The topological polar surface area (TPSA) is 59.2 Å². The summed E-state index contributed by atoms with van der Waals surface area (Å²) in [6.45, 7) is 1.87. The van der Waals surface area contributed by atoms with Crippen LogP contribution in [0.25, 0.3) is 0 Å². The van der Waals surface area contributed by atoms with Crippen LogP contribution in [0.15, 0.2) is 42.6 Å². The van der Waals surface area contributed by atoms with Gasteiger partial charge in [-0.3, -0.25) is 9.78 Å². The molecule has 4 nitrogen and oxygen atoms in total. The molecule has 0 bridgehead atoms. The number of benzene rings is 1. The number of pyridine rings is 1. The molecule has 0 aliphatic carbocycles. The molecule has 0 aliphatic heterocycles. The Morgan fingerprint density at radius 1 is 1.22 bits per heavy atom. The minimum atomic E-state index is -0.127. The molecule has 1 aromatic heterocycles. The van der Waals surface area contributed by atoms with Gasteiger partial charge in [0.1, 0.15) is 5.69 Å². The highest BCUT2D eigenvalue weighted by Crippen LogP contribution is 2.17. The zero-order chi connectivity index (χ0) is 13.1. The lowest BCUT2D eigenvalue weighted by Gasteiger charge is -2.17. The number of nitrogens with two attached hydrogens (primary N) is 1. The fourth-order valence-electron chi connectivity index (χ4n) is 1.68. The molecule has 1 heterocycles. The fourth-order valence-corrected chi connectivity index (χ4v) is 1.68. The molecule has 1 aromatic carbocycles. The van der Waals surface area contributed by atoms with Gasteiger partial charge in [-0.25, -0.2) is 0 Å². The van der Waals surface area contributed by atoms with Crippen molar-refractivity contribution in [3.05, 3.63) is 53.9 Å². The van der Waals surface area contributed by atoms with Gasteiger partial charge >= 0.3 is 0 Å². The summed E-state index contributed by atoms with van der Waals surface area (Å²) in [6, 6.07) is 10.8. The Labute approximate surface area is 106 Å². The maximum absolute atomic E-state index is 12.3. The molecular weight excluding hydrogens is 226 g/mol. The number of rotatable bonds is 2. The predicted octanol–water partition coefficient (Wildman–Crippen LogP) is 2.25. The third-order valence-corrected chi connectivity index (χ3v) is 2.80. The van der Waals surface area contributed by atoms with E-state index in [1.807, 2.05) is 31.2 Å². The highest BCUT2D eigenvalue weighted by Gasteiger charge is 2.16. The Bertz CT molecular complexity index is 564. The number of hydrogen-bond acceptors (Lipinski definition) is 3. The van der Waals surface area contributed by atoms with Crippen molar-refractivity contribution < 1.29 is 4.79 Å². The summed E-state index contributed by atoms with van der Waals surface area (Å²) < 4.78 is 0. The molecule has 0 radical (unpaired) electrons. The van der Waals surface area contributed by atoms with E-state index in [4.69, 9.17) is 5.73 Å². The third kappa shape index (κ3) is 2.32. The number of aromatic nitrogens is 1. The van der Waals surface area contributed by atoms with E-state index in [0.717, 1.165) is 11.3 Å². The number of aryl methyl sites for hydroxylation is 1. The van der Waals surface area contributed by atoms with Crippen molar-refractivity contribution in [2.24, 2.45) is 0 Å². The van der Waals surface area contributed by atoms with Crippen LogP contribution in [0.5, 0.6) is 0 Å². The number of nitrogens with zero attached hydrogens (tertiary/aromatic N) is 2. The largest absolute Gasteiger partial charge is 0.399 e. The van der Waals surface area contributed by atoms with Gasteiger partial charge in [0.05, 0.1) is 0 Å². The maximum atomic E-state index is 12.3. The van der Waals surface area contributed by atoms with Crippen molar-refractivity contribution in [3.63, 3.8) is 0 Å². The Kier molecular flexibility index (Phi) is 3.28. The number of anilines is 2. The first kappa shape index (κ1) is 12.1. The molecule has 1 amide bonds. The number of carbonyl (C=O) groups is 1. The van der Waals surface area contributed by atoms with Gasteiger partial charge in [0.2, 0.25) is 0 Å². The van der Waals surface area contributed by atoms with E-state index >= 15 is 0 Å². The summed E-state index contributed by atoms with van der Waals surface area (Å²) in [4.78, 5) is 18.0. The molecule has 18 heavy (non-hydrogen) atoms. The minimum absolute atomic E-state index is 0.127. The van der Waals surface area contributed by atoms with Crippen LogP contribution in [0, 0.1) is 6.92 Å². The van der Waals surface area contributed by atoms with E-state index < -0.39 is 0 Å². The van der Waals surface area contributed by atoms with Crippen LogP contribution in [-0.2, 0) is 0 Å². The van der Waals surface area contributed by atoms with E-state index in [-0.39, 0.29) is 5.91 Å². The molecule has 2 N–H and O–H groups in total. The first-order valence-corrected chi connectivity index (χ1v) is 5.65. The van der Waals surface area contributed by atoms with E-state index in [2.05, 4.69) is 4.98 Å². The lowest BCUT2D eigenvalue weighted by Crippen LogP contribution is -2.27. The van der Waals surface area contributed by atoms with Crippen LogP contribution in [-0.4, -0.2) is 17.9 Å². The molecule has 2 rings (SSSR count). The highest BCUT2D eigenvalue weighted by molar-refractivity contribution is 6.05. The number of carbonyl (C=O) groups excluding carboxylic acids is 1. The van der Waals surface area contributed by atoms with Crippen LogP contribution < -0.4 is 10.6 Å². The van der Waals surface area contributed by atoms with Crippen molar-refractivity contribution >= 4 is 17.3 Å². The van der Waals surface area contributed by atoms with Crippen LogP contribution in [0.1, 0.15) is 16.1 Å². The monoisotopic (exact) mass is 241 g/mol. The second-order valence-corrected chi connectivity index (χ2v) is 4.12. The summed E-state index contributed by atoms with van der Waals surface area (Å²) >= 11 is 0. The normalized spacial score (nSPS) is 10.1. The van der Waals surface area contributed by atoms with E-state index in [1.165, 1.54) is 0 Å². The summed E-state index contributed by atoms with van der Waals surface area (Å²) in [6.07, 6.45) is 1.62. The van der Waals surface area contributed by atoms with Crippen molar-refractivity contribution in [2.75, 3.05) is 17.7 Å². The van der Waals surface area contributed by atoms with Crippen LogP contribution in [0.2, 0.25) is 0 Å². The van der Waals surface area contributed by atoms with Crippen LogP contribution in [0.3, 0.4) is 0 Å². The lowest BCUT2D eigenvalue weighted by molar-refractivity contribution is 0.0987. The number of nitrogen functional groups attached to an aromatic ring is 1. The van der Waals surface area contributed by atoms with E-state index in [0.29, 0.717) is 11.4 Å². The zero-order valence-electron chi connectivity index (χ0n) is 10.4.